The normalized spacial score (nSPS) is 30.5. The lowest BCUT2D eigenvalue weighted by Gasteiger charge is -2.43. The van der Waals surface area contributed by atoms with Crippen LogP contribution in [-0.4, -0.2) is 61.7 Å². The second-order valence-corrected chi connectivity index (χ2v) is 6.65. The van der Waals surface area contributed by atoms with Crippen molar-refractivity contribution in [3.8, 4) is 0 Å². The maximum atomic E-state index is 3.51. The molecule has 0 aromatic heterocycles. The summed E-state index contributed by atoms with van der Waals surface area (Å²) in [5.41, 5.74) is 0.618. The first-order chi connectivity index (χ1) is 8.81. The highest BCUT2D eigenvalue weighted by Crippen LogP contribution is 2.34. The Kier molecular flexibility index (Phi) is 3.92. The lowest BCUT2D eigenvalue weighted by Crippen LogP contribution is -2.52. The van der Waals surface area contributed by atoms with Crippen molar-refractivity contribution >= 4 is 0 Å². The van der Waals surface area contributed by atoms with E-state index in [9.17, 15) is 0 Å². The summed E-state index contributed by atoms with van der Waals surface area (Å²) in [4.78, 5) is 5.46. The fourth-order valence-corrected chi connectivity index (χ4v) is 3.78. The summed E-state index contributed by atoms with van der Waals surface area (Å²) in [7, 11) is 0. The molecule has 3 fully saturated rings. The van der Waals surface area contributed by atoms with Crippen molar-refractivity contribution in [2.24, 2.45) is 5.41 Å². The van der Waals surface area contributed by atoms with Crippen LogP contribution in [0.15, 0.2) is 0 Å². The molecule has 104 valence electrons. The second-order valence-electron chi connectivity index (χ2n) is 6.65. The van der Waals surface area contributed by atoms with E-state index in [1.807, 2.05) is 0 Å². The molecule has 2 saturated heterocycles. The van der Waals surface area contributed by atoms with E-state index < -0.39 is 0 Å². The molecule has 0 atom stereocenters. The van der Waals surface area contributed by atoms with Gasteiger partial charge in [-0.1, -0.05) is 6.92 Å². The Morgan fingerprint density at radius 2 is 1.72 bits per heavy atom. The first-order valence-electron chi connectivity index (χ1n) is 7.98. The van der Waals surface area contributed by atoms with E-state index in [1.165, 1.54) is 77.9 Å². The molecule has 3 rings (SSSR count). The molecule has 0 bridgehead atoms. The predicted octanol–water partition coefficient (Wildman–Crippen LogP) is 1.55. The molecule has 2 heterocycles. The lowest BCUT2D eigenvalue weighted by atomic mass is 9.76. The average molecular weight is 251 g/mol. The first kappa shape index (κ1) is 12.9. The maximum Gasteiger partial charge on any atom is 0.0113 e. The van der Waals surface area contributed by atoms with E-state index in [0.717, 1.165) is 6.04 Å². The average Bonchev–Trinajstić information content (AvgIpc) is 3.25. The number of piperidine rings is 1. The fourth-order valence-electron chi connectivity index (χ4n) is 3.78. The Morgan fingerprint density at radius 1 is 1.06 bits per heavy atom. The minimum atomic E-state index is 0.618. The molecule has 1 aliphatic carbocycles. The molecule has 18 heavy (non-hydrogen) atoms. The summed E-state index contributed by atoms with van der Waals surface area (Å²) in [6, 6.07) is 0.964. The third-order valence-electron chi connectivity index (χ3n) is 5.44. The van der Waals surface area contributed by atoms with Gasteiger partial charge in [-0.25, -0.2) is 0 Å². The monoisotopic (exact) mass is 251 g/mol. The standard InChI is InChI=1S/C15H29N3/c1-2-15(5-7-16-8-6-15)13-17-9-11-18(12-10-17)14-3-4-14/h14,16H,2-13H2,1H3. The molecule has 0 radical (unpaired) electrons. The minimum absolute atomic E-state index is 0.618. The van der Waals surface area contributed by atoms with Gasteiger partial charge in [0.25, 0.3) is 0 Å². The van der Waals surface area contributed by atoms with E-state index in [-0.39, 0.29) is 0 Å². The Balaban J connectivity index is 1.49. The van der Waals surface area contributed by atoms with Gasteiger partial charge in [0.05, 0.1) is 0 Å². The van der Waals surface area contributed by atoms with Gasteiger partial charge < -0.3 is 10.2 Å². The van der Waals surface area contributed by atoms with Crippen LogP contribution in [0.25, 0.3) is 0 Å². The van der Waals surface area contributed by atoms with Crippen molar-refractivity contribution in [1.82, 2.24) is 15.1 Å². The van der Waals surface area contributed by atoms with Gasteiger partial charge >= 0.3 is 0 Å². The molecule has 0 aromatic rings. The quantitative estimate of drug-likeness (QED) is 0.818. The lowest BCUT2D eigenvalue weighted by molar-refractivity contribution is 0.0614. The molecule has 0 unspecified atom stereocenters. The predicted molar refractivity (Wildman–Crippen MR) is 75.9 cm³/mol. The van der Waals surface area contributed by atoms with Crippen molar-refractivity contribution < 1.29 is 0 Å². The van der Waals surface area contributed by atoms with Crippen molar-refractivity contribution in [3.05, 3.63) is 0 Å². The summed E-state index contributed by atoms with van der Waals surface area (Å²) in [5.74, 6) is 0. The smallest absolute Gasteiger partial charge is 0.0113 e. The highest BCUT2D eigenvalue weighted by atomic mass is 15.3. The highest BCUT2D eigenvalue weighted by molar-refractivity contribution is 4.91. The van der Waals surface area contributed by atoms with Crippen LogP contribution in [0.5, 0.6) is 0 Å². The van der Waals surface area contributed by atoms with Crippen molar-refractivity contribution in [1.29, 1.82) is 0 Å². The zero-order valence-electron chi connectivity index (χ0n) is 12.0. The molecule has 3 heteroatoms. The molecule has 1 saturated carbocycles. The van der Waals surface area contributed by atoms with E-state index >= 15 is 0 Å². The zero-order valence-corrected chi connectivity index (χ0v) is 12.0. The van der Waals surface area contributed by atoms with Crippen molar-refractivity contribution in [2.75, 3.05) is 45.8 Å². The summed E-state index contributed by atoms with van der Waals surface area (Å²) in [6.45, 7) is 11.5. The van der Waals surface area contributed by atoms with Crippen LogP contribution in [-0.2, 0) is 0 Å². The van der Waals surface area contributed by atoms with Gasteiger partial charge in [0.1, 0.15) is 0 Å². The number of hydrogen-bond acceptors (Lipinski definition) is 3. The summed E-state index contributed by atoms with van der Waals surface area (Å²) in [6.07, 6.45) is 7.05. The summed E-state index contributed by atoms with van der Waals surface area (Å²) < 4.78 is 0. The second kappa shape index (κ2) is 5.48. The van der Waals surface area contributed by atoms with E-state index in [1.54, 1.807) is 0 Å². The third kappa shape index (κ3) is 2.89. The van der Waals surface area contributed by atoms with Crippen LogP contribution in [0.1, 0.15) is 39.0 Å². The van der Waals surface area contributed by atoms with E-state index in [4.69, 9.17) is 0 Å². The van der Waals surface area contributed by atoms with Crippen LogP contribution in [0.4, 0.5) is 0 Å². The highest BCUT2D eigenvalue weighted by Gasteiger charge is 2.35. The van der Waals surface area contributed by atoms with Crippen LogP contribution >= 0.6 is 0 Å². The van der Waals surface area contributed by atoms with Crippen LogP contribution in [0, 0.1) is 5.41 Å². The maximum absolute atomic E-state index is 3.51. The van der Waals surface area contributed by atoms with Gasteiger partial charge in [-0.05, 0) is 50.6 Å². The SMILES string of the molecule is CCC1(CN2CCN(C3CC3)CC2)CCNCC1. The van der Waals surface area contributed by atoms with Crippen LogP contribution in [0.3, 0.4) is 0 Å². The van der Waals surface area contributed by atoms with Gasteiger partial charge in [-0.3, -0.25) is 4.90 Å². The van der Waals surface area contributed by atoms with E-state index in [0.29, 0.717) is 5.41 Å². The fraction of sp³-hybridized carbons (Fsp3) is 1.00. The molecule has 2 aliphatic heterocycles. The number of nitrogens with one attached hydrogen (secondary N) is 1. The Morgan fingerprint density at radius 3 is 2.28 bits per heavy atom. The van der Waals surface area contributed by atoms with Crippen LogP contribution in [0.2, 0.25) is 0 Å². The largest absolute Gasteiger partial charge is 0.317 e. The molecule has 0 spiro atoms. The van der Waals surface area contributed by atoms with Gasteiger partial charge in [0.15, 0.2) is 0 Å². The summed E-state index contributed by atoms with van der Waals surface area (Å²) in [5, 5.41) is 3.51. The van der Waals surface area contributed by atoms with Crippen molar-refractivity contribution in [3.63, 3.8) is 0 Å². The molecular formula is C15H29N3. The number of rotatable bonds is 4. The molecule has 0 aromatic carbocycles. The Labute approximate surface area is 112 Å². The summed E-state index contributed by atoms with van der Waals surface area (Å²) >= 11 is 0. The minimum Gasteiger partial charge on any atom is -0.317 e. The number of hydrogen-bond donors (Lipinski definition) is 1. The van der Waals surface area contributed by atoms with Gasteiger partial charge in [-0.15, -0.1) is 0 Å². The first-order valence-corrected chi connectivity index (χ1v) is 7.98. The van der Waals surface area contributed by atoms with Gasteiger partial charge in [0.2, 0.25) is 0 Å². The molecule has 3 aliphatic rings. The molecule has 3 nitrogen and oxygen atoms in total. The van der Waals surface area contributed by atoms with Crippen molar-refractivity contribution in [2.45, 2.75) is 45.1 Å². The number of nitrogens with zero attached hydrogens (tertiary/aromatic N) is 2. The Bertz CT molecular complexity index is 261. The zero-order chi connectivity index (χ0) is 12.4. The Hall–Kier alpha value is -0.120. The molecule has 0 amide bonds. The van der Waals surface area contributed by atoms with E-state index in [2.05, 4.69) is 22.0 Å². The molecular weight excluding hydrogens is 222 g/mol. The molecule has 1 N–H and O–H groups in total. The van der Waals surface area contributed by atoms with Gasteiger partial charge in [-0.2, -0.15) is 0 Å². The third-order valence-corrected chi connectivity index (χ3v) is 5.44. The topological polar surface area (TPSA) is 18.5 Å². The number of piperazine rings is 1. The van der Waals surface area contributed by atoms with Gasteiger partial charge in [0, 0.05) is 38.8 Å². The van der Waals surface area contributed by atoms with Crippen LogP contribution < -0.4 is 5.32 Å².